The lowest BCUT2D eigenvalue weighted by atomic mass is 10.1. The van der Waals surface area contributed by atoms with Gasteiger partial charge in [0.2, 0.25) is 5.95 Å². The van der Waals surface area contributed by atoms with E-state index in [2.05, 4.69) is 38.2 Å². The van der Waals surface area contributed by atoms with E-state index in [4.69, 9.17) is 10.5 Å². The van der Waals surface area contributed by atoms with Crippen LogP contribution >= 0.6 is 0 Å². The molecule has 0 unspecified atom stereocenters. The van der Waals surface area contributed by atoms with Crippen LogP contribution in [-0.2, 0) is 6.42 Å². The normalized spacial score (nSPS) is 15.1. The maximum Gasteiger partial charge on any atom is 0.252 e. The summed E-state index contributed by atoms with van der Waals surface area (Å²) >= 11 is 0. The molecule has 9 nitrogen and oxygen atoms in total. The van der Waals surface area contributed by atoms with Gasteiger partial charge in [-0.15, -0.1) is 0 Å². The first-order valence-electron chi connectivity index (χ1n) is 11.8. The van der Waals surface area contributed by atoms with Gasteiger partial charge in [-0.05, 0) is 56.8 Å². The summed E-state index contributed by atoms with van der Waals surface area (Å²) in [5, 5.41) is 13.3. The van der Waals surface area contributed by atoms with Gasteiger partial charge in [0.1, 0.15) is 17.6 Å². The van der Waals surface area contributed by atoms with Crippen molar-refractivity contribution in [3.63, 3.8) is 0 Å². The molecule has 1 aromatic heterocycles. The number of hydrogen-bond acceptors (Lipinski definition) is 8. The van der Waals surface area contributed by atoms with Gasteiger partial charge in [-0.25, -0.2) is 4.98 Å². The summed E-state index contributed by atoms with van der Waals surface area (Å²) in [4.78, 5) is 26.3. The van der Waals surface area contributed by atoms with Crippen LogP contribution in [0.25, 0.3) is 10.9 Å². The Labute approximate surface area is 205 Å². The van der Waals surface area contributed by atoms with Crippen LogP contribution in [0.5, 0.6) is 5.75 Å². The van der Waals surface area contributed by atoms with E-state index < -0.39 is 6.04 Å². The third-order valence-electron chi connectivity index (χ3n) is 5.96. The van der Waals surface area contributed by atoms with Crippen LogP contribution in [0, 0.1) is 11.3 Å². The van der Waals surface area contributed by atoms with Crippen molar-refractivity contribution >= 4 is 28.6 Å². The minimum atomic E-state index is -0.675. The number of carbonyl (C=O) groups excluding carboxylic acids is 1. The van der Waals surface area contributed by atoms with Gasteiger partial charge < -0.3 is 25.6 Å². The molecular weight excluding hydrogens is 442 g/mol. The summed E-state index contributed by atoms with van der Waals surface area (Å²) in [6.45, 7) is 7.51. The lowest BCUT2D eigenvalue weighted by Crippen LogP contribution is -2.45. The fourth-order valence-corrected chi connectivity index (χ4v) is 4.11. The number of likely N-dealkylation sites (N-methyl/N-ethyl adjacent to an activating group) is 1. The Morgan fingerprint density at radius 3 is 2.51 bits per heavy atom. The SMILES string of the molecule is CC(C)Oc1ccc(C[C@@H](C#N)NC(=O)c2ccc3c(N4CCN(C)CC4)nc(N)nc3c2)cc1. The number of nitrogen functional groups attached to an aromatic ring is 1. The van der Waals surface area contributed by atoms with E-state index in [1.807, 2.05) is 44.2 Å². The molecule has 35 heavy (non-hydrogen) atoms. The average molecular weight is 474 g/mol. The Bertz CT molecular complexity index is 1230. The van der Waals surface area contributed by atoms with Gasteiger partial charge in [0.05, 0.1) is 17.7 Å². The Balaban J connectivity index is 1.48. The molecule has 0 radical (unpaired) electrons. The van der Waals surface area contributed by atoms with E-state index >= 15 is 0 Å². The predicted octanol–water partition coefficient (Wildman–Crippen LogP) is 2.62. The number of amides is 1. The highest BCUT2D eigenvalue weighted by Gasteiger charge is 2.20. The van der Waals surface area contributed by atoms with Crippen LogP contribution in [0.1, 0.15) is 29.8 Å². The van der Waals surface area contributed by atoms with Crippen molar-refractivity contribution in [2.75, 3.05) is 43.9 Å². The van der Waals surface area contributed by atoms with Gasteiger partial charge in [-0.3, -0.25) is 4.79 Å². The number of anilines is 2. The molecule has 3 aromatic rings. The molecule has 4 rings (SSSR count). The van der Waals surface area contributed by atoms with Crippen LogP contribution in [0.3, 0.4) is 0 Å². The molecule has 3 N–H and O–H groups in total. The smallest absolute Gasteiger partial charge is 0.252 e. The zero-order chi connectivity index (χ0) is 24.9. The third-order valence-corrected chi connectivity index (χ3v) is 5.96. The second-order valence-corrected chi connectivity index (χ2v) is 9.10. The number of rotatable bonds is 7. The summed E-state index contributed by atoms with van der Waals surface area (Å²) in [5.74, 6) is 1.39. The maximum absolute atomic E-state index is 13.0. The molecule has 2 heterocycles. The molecule has 0 spiro atoms. The van der Waals surface area contributed by atoms with Crippen LogP contribution in [0.4, 0.5) is 11.8 Å². The average Bonchev–Trinajstić information content (AvgIpc) is 2.84. The zero-order valence-electron chi connectivity index (χ0n) is 20.4. The Hall–Kier alpha value is -3.90. The predicted molar refractivity (Wildman–Crippen MR) is 136 cm³/mol. The zero-order valence-corrected chi connectivity index (χ0v) is 20.4. The van der Waals surface area contributed by atoms with Gasteiger partial charge in [0.15, 0.2) is 0 Å². The van der Waals surface area contributed by atoms with E-state index in [0.29, 0.717) is 17.5 Å². The number of hydrogen-bond donors (Lipinski definition) is 2. The Kier molecular flexibility index (Phi) is 7.32. The second-order valence-electron chi connectivity index (χ2n) is 9.10. The number of carbonyl (C=O) groups is 1. The van der Waals surface area contributed by atoms with E-state index in [1.165, 1.54) is 0 Å². The number of benzene rings is 2. The van der Waals surface area contributed by atoms with Crippen molar-refractivity contribution in [2.24, 2.45) is 0 Å². The van der Waals surface area contributed by atoms with Gasteiger partial charge in [0, 0.05) is 43.5 Å². The number of nitrogens with two attached hydrogens (primary N) is 1. The van der Waals surface area contributed by atoms with Gasteiger partial charge in [0.25, 0.3) is 5.91 Å². The van der Waals surface area contributed by atoms with Crippen molar-refractivity contribution in [3.8, 4) is 11.8 Å². The standard InChI is InChI=1S/C26H31N7O2/c1-17(2)35-21-7-4-18(5-8-21)14-20(16-27)29-25(34)19-6-9-22-23(15-19)30-26(28)31-24(22)33-12-10-32(3)11-13-33/h4-9,15,17,20H,10-14H2,1-3H3,(H,29,34)(H2,28,30,31)/t20-/m0/s1. The molecule has 0 aliphatic carbocycles. The number of aromatic nitrogens is 2. The second kappa shape index (κ2) is 10.6. The van der Waals surface area contributed by atoms with E-state index in [0.717, 1.165) is 48.7 Å². The molecule has 182 valence electrons. The highest BCUT2D eigenvalue weighted by atomic mass is 16.5. The molecule has 1 saturated heterocycles. The monoisotopic (exact) mass is 473 g/mol. The number of nitrogens with zero attached hydrogens (tertiary/aromatic N) is 5. The Morgan fingerprint density at radius 2 is 1.86 bits per heavy atom. The summed E-state index contributed by atoms with van der Waals surface area (Å²) in [6, 6.07) is 14.4. The maximum atomic E-state index is 13.0. The molecule has 2 aromatic carbocycles. The third kappa shape index (κ3) is 5.97. The summed E-state index contributed by atoms with van der Waals surface area (Å²) in [6.07, 6.45) is 0.479. The van der Waals surface area contributed by atoms with E-state index in [-0.39, 0.29) is 18.0 Å². The Morgan fingerprint density at radius 1 is 1.14 bits per heavy atom. The number of nitrogens with one attached hydrogen (secondary N) is 1. The van der Waals surface area contributed by atoms with Gasteiger partial charge >= 0.3 is 0 Å². The van der Waals surface area contributed by atoms with E-state index in [1.54, 1.807) is 12.1 Å². The molecule has 1 amide bonds. The molecule has 1 atom stereocenters. The first-order chi connectivity index (χ1) is 16.8. The minimum Gasteiger partial charge on any atom is -0.491 e. The fourth-order valence-electron chi connectivity index (χ4n) is 4.11. The molecule has 0 bridgehead atoms. The number of nitriles is 1. The van der Waals surface area contributed by atoms with Crippen LogP contribution < -0.4 is 20.7 Å². The fraction of sp³-hybridized carbons (Fsp3) is 0.385. The van der Waals surface area contributed by atoms with E-state index in [9.17, 15) is 10.1 Å². The van der Waals surface area contributed by atoms with Crippen molar-refractivity contribution in [3.05, 3.63) is 53.6 Å². The minimum absolute atomic E-state index is 0.0900. The molecule has 1 aliphatic rings. The lowest BCUT2D eigenvalue weighted by molar-refractivity contribution is 0.0945. The first kappa shape index (κ1) is 24.2. The van der Waals surface area contributed by atoms with Crippen molar-refractivity contribution in [2.45, 2.75) is 32.4 Å². The summed E-state index contributed by atoms with van der Waals surface area (Å²) in [5.41, 5.74) is 7.95. The first-order valence-corrected chi connectivity index (χ1v) is 11.8. The van der Waals surface area contributed by atoms with Crippen molar-refractivity contribution in [1.82, 2.24) is 20.2 Å². The molecular formula is C26H31N7O2. The molecule has 0 saturated carbocycles. The van der Waals surface area contributed by atoms with Crippen LogP contribution in [0.2, 0.25) is 0 Å². The number of piperazine rings is 1. The largest absolute Gasteiger partial charge is 0.491 e. The van der Waals surface area contributed by atoms with Gasteiger partial charge in [-0.1, -0.05) is 12.1 Å². The quantitative estimate of drug-likeness (QED) is 0.537. The van der Waals surface area contributed by atoms with Crippen LogP contribution in [0.15, 0.2) is 42.5 Å². The van der Waals surface area contributed by atoms with Crippen molar-refractivity contribution in [1.29, 1.82) is 5.26 Å². The molecule has 1 fully saturated rings. The number of fused-ring (bicyclic) bond motifs is 1. The van der Waals surface area contributed by atoms with Crippen molar-refractivity contribution < 1.29 is 9.53 Å². The molecule has 1 aliphatic heterocycles. The lowest BCUT2D eigenvalue weighted by Gasteiger charge is -2.33. The highest BCUT2D eigenvalue weighted by molar-refractivity contribution is 6.00. The highest BCUT2D eigenvalue weighted by Crippen LogP contribution is 2.26. The topological polar surface area (TPSA) is 120 Å². The molecule has 9 heteroatoms. The summed E-state index contributed by atoms with van der Waals surface area (Å²) in [7, 11) is 2.10. The van der Waals surface area contributed by atoms with Crippen LogP contribution in [-0.4, -0.2) is 66.1 Å². The number of ether oxygens (including phenoxy) is 1. The van der Waals surface area contributed by atoms with Gasteiger partial charge in [-0.2, -0.15) is 10.2 Å². The summed E-state index contributed by atoms with van der Waals surface area (Å²) < 4.78 is 5.66.